The fraction of sp³-hybridized carbons (Fsp3) is 0.308. The summed E-state index contributed by atoms with van der Waals surface area (Å²) in [7, 11) is 3.48. The second-order valence-corrected chi connectivity index (χ2v) is 4.74. The molecule has 1 unspecified atom stereocenters. The van der Waals surface area contributed by atoms with Crippen LogP contribution in [-0.4, -0.2) is 16.9 Å². The highest BCUT2D eigenvalue weighted by molar-refractivity contribution is 6.31. The third-order valence-electron chi connectivity index (χ3n) is 3.14. The average molecular weight is 281 g/mol. The number of hydrogen-bond donors (Lipinski definition) is 2. The van der Waals surface area contributed by atoms with Crippen LogP contribution in [0.3, 0.4) is 0 Å². The number of hydrazine groups is 1. The monoisotopic (exact) mass is 280 g/mol. The average Bonchev–Trinajstić information content (AvgIpc) is 2.73. The van der Waals surface area contributed by atoms with Crippen LogP contribution in [0, 0.1) is 6.92 Å². The van der Waals surface area contributed by atoms with Crippen LogP contribution < -0.4 is 16.0 Å². The van der Waals surface area contributed by atoms with Crippen molar-refractivity contribution in [1.29, 1.82) is 0 Å². The van der Waals surface area contributed by atoms with Crippen LogP contribution in [-0.2, 0) is 7.05 Å². The summed E-state index contributed by atoms with van der Waals surface area (Å²) in [5, 5.41) is 4.70. The van der Waals surface area contributed by atoms with E-state index < -0.39 is 0 Å². The van der Waals surface area contributed by atoms with Gasteiger partial charge in [-0.15, -0.1) is 0 Å². The Morgan fingerprint density at radius 3 is 2.74 bits per heavy atom. The molecule has 1 aromatic carbocycles. The maximum absolute atomic E-state index is 6.16. The number of nitrogens with one attached hydrogen (secondary N) is 1. The number of ether oxygens (including phenoxy) is 1. The SMILES string of the molecule is COc1cc(C(NN)c2c(Cl)cnn2C)ccc1C. The number of nitrogens with zero attached hydrogens (tertiary/aromatic N) is 2. The molecule has 1 atom stereocenters. The summed E-state index contributed by atoms with van der Waals surface area (Å²) in [6, 6.07) is 5.69. The van der Waals surface area contributed by atoms with Crippen molar-refractivity contribution in [3.8, 4) is 5.75 Å². The van der Waals surface area contributed by atoms with E-state index in [-0.39, 0.29) is 6.04 Å². The van der Waals surface area contributed by atoms with E-state index in [0.717, 1.165) is 22.6 Å². The van der Waals surface area contributed by atoms with E-state index in [2.05, 4.69) is 10.5 Å². The fourth-order valence-electron chi connectivity index (χ4n) is 2.09. The number of methoxy groups -OCH3 is 1. The van der Waals surface area contributed by atoms with Crippen LogP contribution in [0.2, 0.25) is 5.02 Å². The van der Waals surface area contributed by atoms with Crippen molar-refractivity contribution < 1.29 is 4.74 Å². The first-order valence-electron chi connectivity index (χ1n) is 5.86. The van der Waals surface area contributed by atoms with E-state index in [4.69, 9.17) is 22.2 Å². The Morgan fingerprint density at radius 1 is 1.47 bits per heavy atom. The molecule has 0 radical (unpaired) electrons. The number of nitrogens with two attached hydrogens (primary N) is 1. The van der Waals surface area contributed by atoms with Gasteiger partial charge in [0.1, 0.15) is 5.75 Å². The van der Waals surface area contributed by atoms with Gasteiger partial charge < -0.3 is 4.74 Å². The molecule has 1 heterocycles. The van der Waals surface area contributed by atoms with Crippen molar-refractivity contribution >= 4 is 11.6 Å². The molecule has 0 amide bonds. The number of aromatic nitrogens is 2. The molecule has 102 valence electrons. The topological polar surface area (TPSA) is 65.1 Å². The second-order valence-electron chi connectivity index (χ2n) is 4.33. The first-order chi connectivity index (χ1) is 9.08. The minimum atomic E-state index is -0.241. The summed E-state index contributed by atoms with van der Waals surface area (Å²) in [5.74, 6) is 6.49. The number of rotatable bonds is 4. The van der Waals surface area contributed by atoms with Crippen LogP contribution in [0.5, 0.6) is 5.75 Å². The second kappa shape index (κ2) is 5.61. The van der Waals surface area contributed by atoms with Gasteiger partial charge >= 0.3 is 0 Å². The van der Waals surface area contributed by atoms with E-state index in [9.17, 15) is 0 Å². The Labute approximate surface area is 117 Å². The van der Waals surface area contributed by atoms with Gasteiger partial charge in [0.25, 0.3) is 0 Å². The molecule has 0 bridgehead atoms. The third kappa shape index (κ3) is 2.58. The zero-order valence-electron chi connectivity index (χ0n) is 11.1. The van der Waals surface area contributed by atoms with Crippen molar-refractivity contribution in [2.45, 2.75) is 13.0 Å². The lowest BCUT2D eigenvalue weighted by atomic mass is 10.0. The molecule has 1 aromatic heterocycles. The predicted octanol–water partition coefficient (Wildman–Crippen LogP) is 1.94. The van der Waals surface area contributed by atoms with Gasteiger partial charge in [-0.1, -0.05) is 23.7 Å². The van der Waals surface area contributed by atoms with Crippen LogP contribution in [0.1, 0.15) is 22.9 Å². The van der Waals surface area contributed by atoms with Gasteiger partial charge in [0.15, 0.2) is 0 Å². The molecular weight excluding hydrogens is 264 g/mol. The first-order valence-corrected chi connectivity index (χ1v) is 6.24. The molecule has 19 heavy (non-hydrogen) atoms. The summed E-state index contributed by atoms with van der Waals surface area (Å²) in [4.78, 5) is 0. The zero-order valence-corrected chi connectivity index (χ0v) is 11.9. The van der Waals surface area contributed by atoms with Crippen LogP contribution in [0.25, 0.3) is 0 Å². The molecule has 0 aliphatic rings. The van der Waals surface area contributed by atoms with E-state index in [1.54, 1.807) is 18.0 Å². The van der Waals surface area contributed by atoms with Gasteiger partial charge in [-0.3, -0.25) is 10.5 Å². The van der Waals surface area contributed by atoms with Gasteiger partial charge in [-0.25, -0.2) is 5.43 Å². The molecule has 2 aromatic rings. The van der Waals surface area contributed by atoms with Crippen molar-refractivity contribution in [2.24, 2.45) is 12.9 Å². The van der Waals surface area contributed by atoms with Gasteiger partial charge in [0.2, 0.25) is 0 Å². The largest absolute Gasteiger partial charge is 0.496 e. The summed E-state index contributed by atoms with van der Waals surface area (Å²) in [6.07, 6.45) is 1.60. The molecule has 0 aliphatic carbocycles. The maximum Gasteiger partial charge on any atom is 0.122 e. The van der Waals surface area contributed by atoms with Crippen LogP contribution in [0.15, 0.2) is 24.4 Å². The summed E-state index contributed by atoms with van der Waals surface area (Å²) < 4.78 is 7.04. The molecule has 0 saturated carbocycles. The number of hydrogen-bond acceptors (Lipinski definition) is 4. The minimum absolute atomic E-state index is 0.241. The highest BCUT2D eigenvalue weighted by atomic mass is 35.5. The lowest BCUT2D eigenvalue weighted by Crippen LogP contribution is -2.30. The summed E-state index contributed by atoms with van der Waals surface area (Å²) in [5.41, 5.74) is 5.62. The molecule has 5 nitrogen and oxygen atoms in total. The van der Waals surface area contributed by atoms with E-state index >= 15 is 0 Å². The number of benzene rings is 1. The summed E-state index contributed by atoms with van der Waals surface area (Å²) in [6.45, 7) is 1.99. The first kappa shape index (κ1) is 13.9. The van der Waals surface area contributed by atoms with Crippen LogP contribution in [0.4, 0.5) is 0 Å². The Morgan fingerprint density at radius 2 is 2.21 bits per heavy atom. The highest BCUT2D eigenvalue weighted by Crippen LogP contribution is 2.30. The summed E-state index contributed by atoms with van der Waals surface area (Å²) >= 11 is 6.16. The van der Waals surface area contributed by atoms with Crippen molar-refractivity contribution in [3.63, 3.8) is 0 Å². The lowest BCUT2D eigenvalue weighted by molar-refractivity contribution is 0.410. The van der Waals surface area contributed by atoms with Crippen molar-refractivity contribution in [1.82, 2.24) is 15.2 Å². The van der Waals surface area contributed by atoms with Crippen molar-refractivity contribution in [3.05, 3.63) is 46.2 Å². The minimum Gasteiger partial charge on any atom is -0.496 e. The van der Waals surface area contributed by atoms with Gasteiger partial charge in [0.05, 0.1) is 30.1 Å². The third-order valence-corrected chi connectivity index (χ3v) is 3.43. The molecule has 0 spiro atoms. The van der Waals surface area contributed by atoms with Gasteiger partial charge in [-0.05, 0) is 24.1 Å². The Balaban J connectivity index is 2.48. The quantitative estimate of drug-likeness (QED) is 0.664. The molecule has 0 fully saturated rings. The van der Waals surface area contributed by atoms with E-state index in [0.29, 0.717) is 5.02 Å². The molecule has 3 N–H and O–H groups in total. The Bertz CT molecular complexity index is 563. The van der Waals surface area contributed by atoms with E-state index in [1.165, 1.54) is 0 Å². The van der Waals surface area contributed by atoms with Gasteiger partial charge in [0, 0.05) is 7.05 Å². The molecule has 2 rings (SSSR count). The van der Waals surface area contributed by atoms with Crippen LogP contribution >= 0.6 is 11.6 Å². The standard InChI is InChI=1S/C13H17ClN4O/c1-8-4-5-9(6-11(8)19-3)12(17-15)13-10(14)7-16-18(13)2/h4-7,12,17H,15H2,1-3H3. The van der Waals surface area contributed by atoms with E-state index in [1.807, 2.05) is 32.2 Å². The molecule has 6 heteroatoms. The number of aryl methyl sites for hydroxylation is 2. The normalized spacial score (nSPS) is 12.5. The lowest BCUT2D eigenvalue weighted by Gasteiger charge is -2.18. The highest BCUT2D eigenvalue weighted by Gasteiger charge is 2.20. The molecule has 0 aliphatic heterocycles. The fourth-order valence-corrected chi connectivity index (χ4v) is 2.37. The Hall–Kier alpha value is -1.56. The van der Waals surface area contributed by atoms with Gasteiger partial charge in [-0.2, -0.15) is 5.10 Å². The molecule has 0 saturated heterocycles. The number of halogens is 1. The predicted molar refractivity (Wildman–Crippen MR) is 75.1 cm³/mol. The smallest absolute Gasteiger partial charge is 0.122 e. The Kier molecular flexibility index (Phi) is 4.09. The zero-order chi connectivity index (χ0) is 14.0. The maximum atomic E-state index is 6.16. The van der Waals surface area contributed by atoms with Crippen molar-refractivity contribution in [2.75, 3.05) is 7.11 Å². The molecular formula is C13H17ClN4O.